The Hall–Kier alpha value is -2.67. The quantitative estimate of drug-likeness (QED) is 0.0553. The number of carboxylic acids is 1. The topological polar surface area (TPSA) is 127 Å². The molecule has 0 aliphatic carbocycles. The normalized spacial score (nSPS) is 23.6. The Kier molecular flexibility index (Phi) is 13.9. The molecular formula is C34H52O10Si. The van der Waals surface area contributed by atoms with E-state index >= 15 is 0 Å². The highest BCUT2D eigenvalue weighted by atomic mass is 28.4. The summed E-state index contributed by atoms with van der Waals surface area (Å²) in [7, 11) is -0.918. The first-order valence-corrected chi connectivity index (χ1v) is 18.2. The van der Waals surface area contributed by atoms with Gasteiger partial charge in [-0.25, -0.2) is 4.79 Å². The number of esters is 1. The highest BCUT2D eigenvalue weighted by molar-refractivity contribution is 6.74. The lowest BCUT2D eigenvalue weighted by atomic mass is 9.74. The molecule has 1 aromatic rings. The molecule has 252 valence electrons. The largest absolute Gasteiger partial charge is 0.478 e. The molecule has 1 aromatic carbocycles. The van der Waals surface area contributed by atoms with Gasteiger partial charge < -0.3 is 33.2 Å². The minimum Gasteiger partial charge on any atom is -0.478 e. The molecule has 1 aliphatic heterocycles. The van der Waals surface area contributed by atoms with Gasteiger partial charge in [0, 0.05) is 31.9 Å². The third-order valence-corrected chi connectivity index (χ3v) is 13.2. The molecule has 1 fully saturated rings. The molecule has 11 heteroatoms. The van der Waals surface area contributed by atoms with Gasteiger partial charge in [-0.15, -0.1) is 0 Å². The summed E-state index contributed by atoms with van der Waals surface area (Å²) in [6.07, 6.45) is 2.32. The second-order valence-electron chi connectivity index (χ2n) is 13.6. The van der Waals surface area contributed by atoms with Crippen molar-refractivity contribution < 1.29 is 47.6 Å². The van der Waals surface area contributed by atoms with Crippen LogP contribution in [-0.4, -0.2) is 75.8 Å². The van der Waals surface area contributed by atoms with Crippen LogP contribution in [0.15, 0.2) is 54.1 Å². The second kappa shape index (κ2) is 16.2. The maximum absolute atomic E-state index is 12.3. The van der Waals surface area contributed by atoms with E-state index < -0.39 is 55.9 Å². The summed E-state index contributed by atoms with van der Waals surface area (Å²) in [5.74, 6) is -3.51. The number of carboxylic acid groups (broad SMARTS) is 1. The Morgan fingerprint density at radius 1 is 1.16 bits per heavy atom. The first-order chi connectivity index (χ1) is 20.9. The van der Waals surface area contributed by atoms with Gasteiger partial charge in [-0.1, -0.05) is 71.0 Å². The smallest absolute Gasteiger partial charge is 0.328 e. The average Bonchev–Trinajstić information content (AvgIpc) is 2.94. The lowest BCUT2D eigenvalue weighted by Crippen LogP contribution is -2.63. The van der Waals surface area contributed by atoms with Crippen molar-refractivity contribution in [3.8, 4) is 0 Å². The highest BCUT2D eigenvalue weighted by Gasteiger charge is 2.59. The van der Waals surface area contributed by atoms with Crippen molar-refractivity contribution in [2.45, 2.75) is 116 Å². The molecular weight excluding hydrogens is 596 g/mol. The predicted octanol–water partition coefficient (Wildman–Crippen LogP) is 6.20. The Morgan fingerprint density at radius 3 is 2.33 bits per heavy atom. The van der Waals surface area contributed by atoms with Gasteiger partial charge >= 0.3 is 11.9 Å². The van der Waals surface area contributed by atoms with Gasteiger partial charge in [-0.3, -0.25) is 9.59 Å². The van der Waals surface area contributed by atoms with Crippen molar-refractivity contribution in [1.82, 2.24) is 0 Å². The Labute approximate surface area is 269 Å². The van der Waals surface area contributed by atoms with E-state index in [0.29, 0.717) is 24.9 Å². The minimum atomic E-state index is -2.33. The molecule has 45 heavy (non-hydrogen) atoms. The summed E-state index contributed by atoms with van der Waals surface area (Å²) in [5, 5.41) is 9.69. The van der Waals surface area contributed by atoms with Crippen molar-refractivity contribution in [3.05, 3.63) is 59.7 Å². The predicted molar refractivity (Wildman–Crippen MR) is 173 cm³/mol. The van der Waals surface area contributed by atoms with E-state index in [0.717, 1.165) is 11.6 Å². The first-order valence-electron chi connectivity index (χ1n) is 15.3. The van der Waals surface area contributed by atoms with Crippen LogP contribution in [0.25, 0.3) is 0 Å². The van der Waals surface area contributed by atoms with Gasteiger partial charge in [0.2, 0.25) is 5.79 Å². The van der Waals surface area contributed by atoms with Gasteiger partial charge in [-0.05, 0) is 48.7 Å². The lowest BCUT2D eigenvalue weighted by molar-refractivity contribution is -0.338. The van der Waals surface area contributed by atoms with Crippen LogP contribution in [0.1, 0.15) is 66.9 Å². The van der Waals surface area contributed by atoms with Crippen molar-refractivity contribution >= 4 is 26.5 Å². The molecule has 0 saturated carbocycles. The number of carbonyl (C=O) groups excluding carboxylic acids is 2. The molecule has 0 unspecified atom stereocenters. The minimum absolute atomic E-state index is 0.0448. The van der Waals surface area contributed by atoms with E-state index in [1.165, 1.54) is 20.1 Å². The molecule has 0 amide bonds. The van der Waals surface area contributed by atoms with E-state index in [1.807, 2.05) is 37.3 Å². The van der Waals surface area contributed by atoms with Gasteiger partial charge in [0.05, 0.1) is 24.9 Å². The van der Waals surface area contributed by atoms with Gasteiger partial charge in [0.1, 0.15) is 13.1 Å². The monoisotopic (exact) mass is 648 g/mol. The molecule has 0 bridgehead atoms. The average molecular weight is 649 g/mol. The van der Waals surface area contributed by atoms with E-state index in [4.69, 9.17) is 28.1 Å². The molecule has 10 nitrogen and oxygen atoms in total. The molecule has 0 aromatic heterocycles. The van der Waals surface area contributed by atoms with Crippen molar-refractivity contribution in [2.24, 2.45) is 5.41 Å². The molecule has 1 heterocycles. The summed E-state index contributed by atoms with van der Waals surface area (Å²) >= 11 is 0. The first kappa shape index (κ1) is 38.5. The summed E-state index contributed by atoms with van der Waals surface area (Å²) in [6.45, 7) is 17.9. The fourth-order valence-electron chi connectivity index (χ4n) is 5.16. The summed E-state index contributed by atoms with van der Waals surface area (Å²) in [4.78, 5) is 35.6. The van der Waals surface area contributed by atoms with Crippen LogP contribution in [0, 0.1) is 5.41 Å². The van der Waals surface area contributed by atoms with Gasteiger partial charge in [0.15, 0.2) is 14.4 Å². The third kappa shape index (κ3) is 10.4. The summed E-state index contributed by atoms with van der Waals surface area (Å²) < 4.78 is 37.3. The van der Waals surface area contributed by atoms with Crippen LogP contribution < -0.4 is 0 Å². The molecule has 5 atom stereocenters. The zero-order chi connectivity index (χ0) is 34.1. The number of rotatable bonds is 16. The van der Waals surface area contributed by atoms with Gasteiger partial charge in [-0.2, -0.15) is 0 Å². The van der Waals surface area contributed by atoms with Crippen LogP contribution in [0.3, 0.4) is 0 Å². The standard InChI is InChI=1S/C34H52O10Si/c1-24(41-23-40-22-26-15-12-11-13-16-26)29(44-45(9,10)32(3,4)5)21-28-19-27(20-30(37)38)31(42-25(2)36)34(39-8,43-28)33(6,7)17-14-18-35/h11-18,20,24,28-29,31H,19,21-23H2,1-10H3,(H,37,38)/t24-,28+,29-,31+,34-/m1/s1. The zero-order valence-corrected chi connectivity index (χ0v) is 29.5. The number of allylic oxidation sites excluding steroid dienone is 1. The second-order valence-corrected chi connectivity index (χ2v) is 18.3. The summed E-state index contributed by atoms with van der Waals surface area (Å²) in [6, 6.07) is 9.80. The van der Waals surface area contributed by atoms with Gasteiger partial charge in [0.25, 0.3) is 0 Å². The number of methoxy groups -OCH3 is 1. The number of hydrogen-bond donors (Lipinski definition) is 1. The molecule has 2 rings (SSSR count). The lowest BCUT2D eigenvalue weighted by Gasteiger charge is -2.53. The maximum Gasteiger partial charge on any atom is 0.328 e. The zero-order valence-electron chi connectivity index (χ0n) is 28.5. The van der Waals surface area contributed by atoms with Crippen LogP contribution in [-0.2, 0) is 49.1 Å². The van der Waals surface area contributed by atoms with Crippen LogP contribution >= 0.6 is 0 Å². The van der Waals surface area contributed by atoms with Crippen LogP contribution in [0.4, 0.5) is 0 Å². The van der Waals surface area contributed by atoms with E-state index in [2.05, 4.69) is 33.9 Å². The molecule has 1 saturated heterocycles. The molecule has 1 aliphatic rings. The van der Waals surface area contributed by atoms with Crippen LogP contribution in [0.5, 0.6) is 0 Å². The fraction of sp³-hybridized carbons (Fsp3) is 0.618. The van der Waals surface area contributed by atoms with Crippen molar-refractivity contribution in [1.29, 1.82) is 0 Å². The third-order valence-electron chi connectivity index (χ3n) is 8.67. The number of hydrogen-bond acceptors (Lipinski definition) is 9. The molecule has 0 radical (unpaired) electrons. The van der Waals surface area contributed by atoms with Crippen LogP contribution in [0.2, 0.25) is 18.1 Å². The molecule has 1 N–H and O–H groups in total. The SMILES string of the molecule is CO[C@@]1(C(C)(C)C=CC=O)O[C@H](C[C@@H](O[Si](C)(C)C(C)(C)C)[C@@H](C)OCOCc2ccccc2)CC(=CC(=O)O)[C@@H]1OC(C)=O. The number of carbonyl (C=O) groups is 3. The maximum atomic E-state index is 12.3. The summed E-state index contributed by atoms with van der Waals surface area (Å²) in [5.41, 5.74) is 0.289. The Morgan fingerprint density at radius 2 is 1.80 bits per heavy atom. The van der Waals surface area contributed by atoms with E-state index in [-0.39, 0.29) is 18.3 Å². The number of aldehydes is 1. The fourth-order valence-corrected chi connectivity index (χ4v) is 6.56. The Bertz CT molecular complexity index is 1190. The number of aliphatic carboxylic acids is 1. The van der Waals surface area contributed by atoms with E-state index in [1.54, 1.807) is 19.9 Å². The van der Waals surface area contributed by atoms with Crippen molar-refractivity contribution in [3.63, 3.8) is 0 Å². The number of ether oxygens (including phenoxy) is 5. The van der Waals surface area contributed by atoms with Crippen molar-refractivity contribution in [2.75, 3.05) is 13.9 Å². The highest BCUT2D eigenvalue weighted by Crippen LogP contribution is 2.49. The Balaban J connectivity index is 2.48. The van der Waals surface area contributed by atoms with E-state index in [9.17, 15) is 19.5 Å². The number of benzene rings is 1. The molecule has 0 spiro atoms.